The van der Waals surface area contributed by atoms with Crippen molar-refractivity contribution in [2.45, 2.75) is 32.9 Å². The minimum absolute atomic E-state index is 0.0602. The molecular weight excluding hydrogens is 460 g/mol. The van der Waals surface area contributed by atoms with Crippen LogP contribution < -0.4 is 4.74 Å². The van der Waals surface area contributed by atoms with Gasteiger partial charge in [-0.25, -0.2) is 5.01 Å². The lowest BCUT2D eigenvalue weighted by atomic mass is 9.94. The van der Waals surface area contributed by atoms with E-state index >= 15 is 0 Å². The number of methoxy groups -OCH3 is 1. The van der Waals surface area contributed by atoms with Crippen molar-refractivity contribution in [3.8, 4) is 5.75 Å². The molecule has 5 rings (SSSR count). The van der Waals surface area contributed by atoms with Crippen LogP contribution in [0.15, 0.2) is 77.9 Å². The Morgan fingerprint density at radius 2 is 1.62 bits per heavy atom. The molecule has 0 bridgehead atoms. The number of nitrogens with zero attached hydrogens (tertiary/aromatic N) is 4. The first-order chi connectivity index (χ1) is 18.0. The fourth-order valence-corrected chi connectivity index (χ4v) is 5.35. The van der Waals surface area contributed by atoms with Crippen molar-refractivity contribution < 1.29 is 9.53 Å². The predicted molar refractivity (Wildman–Crippen MR) is 148 cm³/mol. The molecule has 6 heteroatoms. The molecule has 2 aliphatic rings. The van der Waals surface area contributed by atoms with Crippen molar-refractivity contribution in [3.05, 3.63) is 101 Å². The van der Waals surface area contributed by atoms with Gasteiger partial charge in [0.1, 0.15) is 5.75 Å². The van der Waals surface area contributed by atoms with E-state index in [1.807, 2.05) is 24.3 Å². The maximum absolute atomic E-state index is 13.7. The van der Waals surface area contributed by atoms with Crippen LogP contribution in [0, 0.1) is 13.8 Å². The summed E-state index contributed by atoms with van der Waals surface area (Å²) in [7, 11) is 1.67. The standard InChI is InChI=1S/C31H36N4O2/c1-23-9-14-28(24(2)19-23)30-20-29(26-10-12-27(37-3)13-11-26)32-35(30)31(36)22-34-17-15-33(16-18-34)21-25-7-5-4-6-8-25/h4-14,19,30H,15-18,20-22H2,1-3H3/t30-/m0/s1. The van der Waals surface area contributed by atoms with Crippen LogP contribution in [0.5, 0.6) is 5.75 Å². The number of carbonyl (C=O) groups is 1. The summed E-state index contributed by atoms with van der Waals surface area (Å²) in [6.45, 7) is 9.27. The van der Waals surface area contributed by atoms with Crippen molar-refractivity contribution in [1.82, 2.24) is 14.8 Å². The molecule has 0 radical (unpaired) electrons. The van der Waals surface area contributed by atoms with Crippen LogP contribution in [0.1, 0.15) is 40.3 Å². The summed E-state index contributed by atoms with van der Waals surface area (Å²) in [5.74, 6) is 0.873. The van der Waals surface area contributed by atoms with Crippen molar-refractivity contribution in [3.63, 3.8) is 0 Å². The first-order valence-electron chi connectivity index (χ1n) is 13.1. The number of hydrazone groups is 1. The van der Waals surface area contributed by atoms with Gasteiger partial charge < -0.3 is 4.74 Å². The third kappa shape index (κ3) is 5.92. The number of rotatable bonds is 7. The second-order valence-corrected chi connectivity index (χ2v) is 10.1. The maximum Gasteiger partial charge on any atom is 0.257 e. The number of piperazine rings is 1. The lowest BCUT2D eigenvalue weighted by Gasteiger charge is -2.35. The second kappa shape index (κ2) is 11.3. The van der Waals surface area contributed by atoms with Gasteiger partial charge in [0.05, 0.1) is 25.4 Å². The van der Waals surface area contributed by atoms with Crippen LogP contribution >= 0.6 is 0 Å². The molecule has 0 aromatic heterocycles. The highest BCUT2D eigenvalue weighted by Crippen LogP contribution is 2.35. The van der Waals surface area contributed by atoms with E-state index in [2.05, 4.69) is 72.2 Å². The van der Waals surface area contributed by atoms with Crippen molar-refractivity contribution in [1.29, 1.82) is 0 Å². The molecule has 1 fully saturated rings. The first kappa shape index (κ1) is 25.2. The molecule has 192 valence electrons. The Balaban J connectivity index is 1.29. The Morgan fingerprint density at radius 3 is 2.30 bits per heavy atom. The van der Waals surface area contributed by atoms with Crippen molar-refractivity contribution in [2.24, 2.45) is 5.10 Å². The van der Waals surface area contributed by atoms with Crippen molar-refractivity contribution in [2.75, 3.05) is 39.8 Å². The number of amides is 1. The van der Waals surface area contributed by atoms with E-state index in [9.17, 15) is 4.79 Å². The molecule has 2 heterocycles. The second-order valence-electron chi connectivity index (χ2n) is 10.1. The van der Waals surface area contributed by atoms with E-state index in [0.717, 1.165) is 49.7 Å². The van der Waals surface area contributed by atoms with Gasteiger partial charge in [0.15, 0.2) is 0 Å². The number of ether oxygens (including phenoxy) is 1. The van der Waals surface area contributed by atoms with Gasteiger partial charge in [-0.15, -0.1) is 0 Å². The molecule has 1 saturated heterocycles. The third-order valence-corrected chi connectivity index (χ3v) is 7.45. The minimum Gasteiger partial charge on any atom is -0.497 e. The SMILES string of the molecule is COc1ccc(C2=NN(C(=O)CN3CCN(Cc4ccccc4)CC3)[C@H](c3ccc(C)cc3C)C2)cc1. The summed E-state index contributed by atoms with van der Waals surface area (Å²) in [6, 6.07) is 24.9. The Morgan fingerprint density at radius 1 is 0.919 bits per heavy atom. The molecule has 2 aliphatic heterocycles. The van der Waals surface area contributed by atoms with Crippen LogP contribution in [0.3, 0.4) is 0 Å². The number of carbonyl (C=O) groups excluding carboxylic acids is 1. The summed E-state index contributed by atoms with van der Waals surface area (Å²) in [5, 5.41) is 6.64. The van der Waals surface area contributed by atoms with Gasteiger partial charge in [0.2, 0.25) is 0 Å². The Hall–Kier alpha value is -3.48. The molecule has 37 heavy (non-hydrogen) atoms. The number of benzene rings is 3. The zero-order valence-electron chi connectivity index (χ0n) is 22.1. The molecule has 0 unspecified atom stereocenters. The monoisotopic (exact) mass is 496 g/mol. The van der Waals surface area contributed by atoms with Gasteiger partial charge in [-0.05, 0) is 60.4 Å². The first-order valence-corrected chi connectivity index (χ1v) is 13.1. The smallest absolute Gasteiger partial charge is 0.257 e. The van der Waals surface area contributed by atoms with Gasteiger partial charge in [-0.3, -0.25) is 14.6 Å². The molecule has 0 saturated carbocycles. The molecule has 0 aliphatic carbocycles. The Kier molecular flexibility index (Phi) is 7.68. The molecular formula is C31H36N4O2. The minimum atomic E-state index is -0.0930. The summed E-state index contributed by atoms with van der Waals surface area (Å²) in [6.07, 6.45) is 0.701. The summed E-state index contributed by atoms with van der Waals surface area (Å²) in [5.41, 5.74) is 6.89. The number of aryl methyl sites for hydroxylation is 2. The Labute approximate surface area is 220 Å². The van der Waals surface area contributed by atoms with E-state index in [1.54, 1.807) is 12.1 Å². The highest BCUT2D eigenvalue weighted by Gasteiger charge is 2.35. The number of hydrogen-bond donors (Lipinski definition) is 0. The zero-order chi connectivity index (χ0) is 25.8. The molecule has 3 aromatic carbocycles. The Bertz CT molecular complexity index is 1250. The summed E-state index contributed by atoms with van der Waals surface area (Å²) >= 11 is 0. The zero-order valence-corrected chi connectivity index (χ0v) is 22.1. The van der Waals surface area contributed by atoms with Gasteiger partial charge in [0, 0.05) is 39.1 Å². The predicted octanol–water partition coefficient (Wildman–Crippen LogP) is 4.81. The average molecular weight is 497 g/mol. The van der Waals surface area contributed by atoms with Crippen LogP contribution in [0.25, 0.3) is 0 Å². The molecule has 6 nitrogen and oxygen atoms in total. The lowest BCUT2D eigenvalue weighted by Crippen LogP contribution is -2.49. The number of hydrogen-bond acceptors (Lipinski definition) is 5. The van der Waals surface area contributed by atoms with Gasteiger partial charge >= 0.3 is 0 Å². The average Bonchev–Trinajstić information content (AvgIpc) is 3.36. The molecule has 0 N–H and O–H groups in total. The molecule has 3 aromatic rings. The maximum atomic E-state index is 13.7. The molecule has 1 atom stereocenters. The lowest BCUT2D eigenvalue weighted by molar-refractivity contribution is -0.134. The van der Waals surface area contributed by atoms with E-state index in [0.29, 0.717) is 13.0 Å². The van der Waals surface area contributed by atoms with Gasteiger partial charge in [0.25, 0.3) is 5.91 Å². The van der Waals surface area contributed by atoms with E-state index < -0.39 is 0 Å². The van der Waals surface area contributed by atoms with E-state index in [-0.39, 0.29) is 11.9 Å². The van der Waals surface area contributed by atoms with Crippen LogP contribution in [-0.2, 0) is 11.3 Å². The summed E-state index contributed by atoms with van der Waals surface area (Å²) in [4.78, 5) is 18.4. The van der Waals surface area contributed by atoms with Crippen LogP contribution in [0.4, 0.5) is 0 Å². The molecule has 0 spiro atoms. The highest BCUT2D eigenvalue weighted by molar-refractivity contribution is 6.03. The van der Waals surface area contributed by atoms with E-state index in [1.165, 1.54) is 22.3 Å². The van der Waals surface area contributed by atoms with Crippen LogP contribution in [0.2, 0.25) is 0 Å². The quantitative estimate of drug-likeness (QED) is 0.471. The van der Waals surface area contributed by atoms with Gasteiger partial charge in [-0.2, -0.15) is 5.10 Å². The summed E-state index contributed by atoms with van der Waals surface area (Å²) < 4.78 is 5.32. The van der Waals surface area contributed by atoms with E-state index in [4.69, 9.17) is 9.84 Å². The fourth-order valence-electron chi connectivity index (χ4n) is 5.35. The highest BCUT2D eigenvalue weighted by atomic mass is 16.5. The van der Waals surface area contributed by atoms with Gasteiger partial charge in [-0.1, -0.05) is 54.1 Å². The van der Waals surface area contributed by atoms with Crippen LogP contribution in [-0.4, -0.2) is 66.3 Å². The normalized spacial score (nSPS) is 18.6. The molecule has 1 amide bonds. The largest absolute Gasteiger partial charge is 0.497 e. The fraction of sp³-hybridized carbons (Fsp3) is 0.355. The topological polar surface area (TPSA) is 48.4 Å². The van der Waals surface area contributed by atoms with Crippen molar-refractivity contribution >= 4 is 11.6 Å². The third-order valence-electron chi connectivity index (χ3n) is 7.45.